The third kappa shape index (κ3) is 3.71. The number of hydrogen-bond donors (Lipinski definition) is 2. The van der Waals surface area contributed by atoms with Crippen molar-refractivity contribution in [1.82, 2.24) is 15.1 Å². The molecule has 3 fully saturated rings. The molecule has 0 aromatic carbocycles. The molecule has 3 aliphatic rings. The van der Waals surface area contributed by atoms with Gasteiger partial charge in [0.25, 0.3) is 5.91 Å². The first-order valence-corrected chi connectivity index (χ1v) is 10.2. The van der Waals surface area contributed by atoms with E-state index in [1.165, 1.54) is 0 Å². The normalized spacial score (nSPS) is 34.5. The summed E-state index contributed by atoms with van der Waals surface area (Å²) >= 11 is 0. The molecule has 0 aromatic rings. The summed E-state index contributed by atoms with van der Waals surface area (Å²) in [6, 6.07) is -0.326. The summed E-state index contributed by atoms with van der Waals surface area (Å²) in [5.74, 6) is 0.450. The first-order chi connectivity index (χ1) is 12.6. The Morgan fingerprint density at radius 2 is 1.89 bits per heavy atom. The molecule has 2 heterocycles. The third-order valence-corrected chi connectivity index (χ3v) is 6.92. The van der Waals surface area contributed by atoms with Crippen molar-refractivity contribution in [3.63, 3.8) is 0 Å². The molecule has 0 radical (unpaired) electrons. The second kappa shape index (κ2) is 7.08. The maximum Gasteiger partial charge on any atom is 0.325 e. The van der Waals surface area contributed by atoms with Gasteiger partial charge in [0.1, 0.15) is 12.1 Å². The smallest absolute Gasteiger partial charge is 0.325 e. The van der Waals surface area contributed by atoms with Crippen LogP contribution in [0.1, 0.15) is 59.8 Å². The SMILES string of the molecule is CC1CC(CN)CN1C(=O)CN1C(=O)NC2(CCC(C(C)(C)C)CC2)C1=O. The molecule has 1 aliphatic carbocycles. The number of imide groups is 1. The van der Waals surface area contributed by atoms with Crippen LogP contribution in [0.25, 0.3) is 0 Å². The van der Waals surface area contributed by atoms with Crippen LogP contribution in [0.4, 0.5) is 4.79 Å². The minimum atomic E-state index is -0.810. The molecule has 3 rings (SSSR count). The quantitative estimate of drug-likeness (QED) is 0.731. The van der Waals surface area contributed by atoms with Gasteiger partial charge >= 0.3 is 6.03 Å². The average Bonchev–Trinajstić information content (AvgIpc) is 3.08. The predicted octanol–water partition coefficient (Wildman–Crippen LogP) is 1.71. The first kappa shape index (κ1) is 20.1. The van der Waals surface area contributed by atoms with Crippen molar-refractivity contribution in [2.45, 2.75) is 71.4 Å². The van der Waals surface area contributed by atoms with Crippen molar-refractivity contribution in [1.29, 1.82) is 0 Å². The van der Waals surface area contributed by atoms with Crippen LogP contribution in [-0.4, -0.2) is 58.9 Å². The minimum Gasteiger partial charge on any atom is -0.338 e. The lowest BCUT2D eigenvalue weighted by atomic mass is 9.67. The number of carbonyl (C=O) groups is 3. The summed E-state index contributed by atoms with van der Waals surface area (Å²) in [6.07, 6.45) is 4.01. The van der Waals surface area contributed by atoms with Crippen molar-refractivity contribution in [3.8, 4) is 0 Å². The van der Waals surface area contributed by atoms with Crippen molar-refractivity contribution in [3.05, 3.63) is 0 Å². The second-order valence-corrected chi connectivity index (χ2v) is 9.78. The summed E-state index contributed by atoms with van der Waals surface area (Å²) in [7, 11) is 0. The predicted molar refractivity (Wildman–Crippen MR) is 103 cm³/mol. The van der Waals surface area contributed by atoms with E-state index in [0.29, 0.717) is 37.8 Å². The van der Waals surface area contributed by atoms with Crippen LogP contribution in [0.3, 0.4) is 0 Å². The summed E-state index contributed by atoms with van der Waals surface area (Å²) in [5.41, 5.74) is 5.13. The third-order valence-electron chi connectivity index (χ3n) is 6.92. The van der Waals surface area contributed by atoms with Crippen LogP contribution in [0.5, 0.6) is 0 Å². The zero-order valence-electron chi connectivity index (χ0n) is 17.1. The first-order valence-electron chi connectivity index (χ1n) is 10.2. The van der Waals surface area contributed by atoms with Gasteiger partial charge in [-0.3, -0.25) is 14.5 Å². The maximum atomic E-state index is 13.1. The Labute approximate surface area is 162 Å². The number of urea groups is 1. The van der Waals surface area contributed by atoms with E-state index in [-0.39, 0.29) is 29.8 Å². The number of likely N-dealkylation sites (tertiary alicyclic amines) is 1. The van der Waals surface area contributed by atoms with Crippen LogP contribution < -0.4 is 11.1 Å². The van der Waals surface area contributed by atoms with Crippen LogP contribution in [0.15, 0.2) is 0 Å². The number of nitrogens with one attached hydrogen (secondary N) is 1. The Bertz CT molecular complexity index is 619. The van der Waals surface area contributed by atoms with Gasteiger partial charge in [0.15, 0.2) is 0 Å². The van der Waals surface area contributed by atoms with Crippen molar-refractivity contribution < 1.29 is 14.4 Å². The van der Waals surface area contributed by atoms with Gasteiger partial charge < -0.3 is 16.0 Å². The summed E-state index contributed by atoms with van der Waals surface area (Å²) in [5, 5.41) is 2.91. The zero-order chi connectivity index (χ0) is 20.0. The molecule has 1 saturated carbocycles. The van der Waals surface area contributed by atoms with E-state index in [9.17, 15) is 14.4 Å². The molecule has 152 valence electrons. The largest absolute Gasteiger partial charge is 0.338 e. The number of nitrogens with two attached hydrogens (primary N) is 1. The highest BCUT2D eigenvalue weighted by molar-refractivity contribution is 6.09. The van der Waals surface area contributed by atoms with Crippen LogP contribution in [0.2, 0.25) is 0 Å². The summed E-state index contributed by atoms with van der Waals surface area (Å²) in [6.45, 7) is 9.66. The standard InChI is InChI=1S/C20H34N4O3/c1-13-9-14(10-21)11-23(13)16(25)12-24-17(26)20(22-18(24)27)7-5-15(6-8-20)19(2,3)4/h13-15H,5-12,21H2,1-4H3,(H,22,27). The lowest BCUT2D eigenvalue weighted by Crippen LogP contribution is -2.51. The highest BCUT2D eigenvalue weighted by atomic mass is 16.2. The molecule has 2 atom stereocenters. The van der Waals surface area contributed by atoms with Crippen molar-refractivity contribution in [2.24, 2.45) is 23.0 Å². The lowest BCUT2D eigenvalue weighted by molar-refractivity contribution is -0.140. The highest BCUT2D eigenvalue weighted by Gasteiger charge is 2.54. The van der Waals surface area contributed by atoms with Gasteiger partial charge in [-0.2, -0.15) is 0 Å². The minimum absolute atomic E-state index is 0.100. The maximum absolute atomic E-state index is 13.1. The van der Waals surface area contributed by atoms with E-state index in [4.69, 9.17) is 5.73 Å². The molecule has 7 heteroatoms. The molecule has 2 unspecified atom stereocenters. The molecule has 2 saturated heterocycles. The molecule has 3 N–H and O–H groups in total. The second-order valence-electron chi connectivity index (χ2n) is 9.78. The molecular formula is C20H34N4O3. The summed E-state index contributed by atoms with van der Waals surface area (Å²) in [4.78, 5) is 41.2. The van der Waals surface area contributed by atoms with Gasteiger partial charge in [-0.25, -0.2) is 4.79 Å². The molecule has 7 nitrogen and oxygen atoms in total. The molecule has 4 amide bonds. The van der Waals surface area contributed by atoms with Crippen LogP contribution in [-0.2, 0) is 9.59 Å². The van der Waals surface area contributed by atoms with E-state index in [1.54, 1.807) is 4.90 Å². The monoisotopic (exact) mass is 378 g/mol. The Kier molecular flexibility index (Phi) is 5.27. The fourth-order valence-electron chi connectivity index (χ4n) is 5.02. The molecule has 1 spiro atoms. The fraction of sp³-hybridized carbons (Fsp3) is 0.850. The highest BCUT2D eigenvalue weighted by Crippen LogP contribution is 2.43. The Hall–Kier alpha value is -1.63. The van der Waals surface area contributed by atoms with Gasteiger partial charge in [-0.1, -0.05) is 20.8 Å². The number of carbonyl (C=O) groups excluding carboxylic acids is 3. The van der Waals surface area contributed by atoms with Gasteiger partial charge in [0, 0.05) is 12.6 Å². The van der Waals surface area contributed by atoms with E-state index in [0.717, 1.165) is 24.2 Å². The van der Waals surface area contributed by atoms with Gasteiger partial charge in [0.2, 0.25) is 5.91 Å². The fourth-order valence-corrected chi connectivity index (χ4v) is 5.02. The molecule has 27 heavy (non-hydrogen) atoms. The van der Waals surface area contributed by atoms with E-state index < -0.39 is 11.6 Å². The average molecular weight is 379 g/mol. The van der Waals surface area contributed by atoms with Gasteiger partial charge in [-0.15, -0.1) is 0 Å². The molecule has 0 bridgehead atoms. The number of hydrogen-bond acceptors (Lipinski definition) is 4. The Morgan fingerprint density at radius 3 is 2.41 bits per heavy atom. The van der Waals surface area contributed by atoms with Crippen LogP contribution >= 0.6 is 0 Å². The molecular weight excluding hydrogens is 344 g/mol. The lowest BCUT2D eigenvalue weighted by Gasteiger charge is -2.40. The topological polar surface area (TPSA) is 95.7 Å². The Morgan fingerprint density at radius 1 is 1.26 bits per heavy atom. The van der Waals surface area contributed by atoms with Crippen LogP contribution in [0, 0.1) is 17.3 Å². The van der Waals surface area contributed by atoms with Gasteiger partial charge in [0.05, 0.1) is 0 Å². The van der Waals surface area contributed by atoms with Crippen molar-refractivity contribution in [2.75, 3.05) is 19.6 Å². The molecule has 2 aliphatic heterocycles. The molecule has 0 aromatic heterocycles. The number of rotatable bonds is 3. The Balaban J connectivity index is 1.64. The van der Waals surface area contributed by atoms with E-state index in [1.807, 2.05) is 6.92 Å². The summed E-state index contributed by atoms with van der Waals surface area (Å²) < 4.78 is 0. The zero-order valence-corrected chi connectivity index (χ0v) is 17.1. The number of nitrogens with zero attached hydrogens (tertiary/aromatic N) is 2. The van der Waals surface area contributed by atoms with Crippen molar-refractivity contribution >= 4 is 17.8 Å². The number of amides is 4. The van der Waals surface area contributed by atoms with E-state index >= 15 is 0 Å². The van der Waals surface area contributed by atoms with E-state index in [2.05, 4.69) is 26.1 Å². The van der Waals surface area contributed by atoms with Gasteiger partial charge in [-0.05, 0) is 62.8 Å².